The van der Waals surface area contributed by atoms with Gasteiger partial charge in [-0.1, -0.05) is 18.2 Å². The average molecular weight is 443 g/mol. The maximum Gasteiger partial charge on any atom is 0.191 e. The zero-order valence-corrected chi connectivity index (χ0v) is 18.6. The minimum absolute atomic E-state index is 0.123. The van der Waals surface area contributed by atoms with Crippen LogP contribution in [-0.2, 0) is 6.54 Å². The van der Waals surface area contributed by atoms with Crippen LogP contribution in [0.2, 0.25) is 0 Å². The zero-order valence-electron chi connectivity index (χ0n) is 18.6. The largest absolute Gasteiger partial charge is 0.356 e. The van der Waals surface area contributed by atoms with Crippen LogP contribution in [0, 0.1) is 17.6 Å². The molecule has 0 bridgehead atoms. The Morgan fingerprint density at radius 2 is 1.84 bits per heavy atom. The predicted octanol–water partition coefficient (Wildman–Crippen LogP) is 3.02. The van der Waals surface area contributed by atoms with Crippen LogP contribution in [-0.4, -0.2) is 61.7 Å². The van der Waals surface area contributed by atoms with E-state index >= 15 is 0 Å². The number of nitrogens with zero attached hydrogens (tertiary/aromatic N) is 4. The lowest BCUT2D eigenvalue weighted by Crippen LogP contribution is -2.47. The summed E-state index contributed by atoms with van der Waals surface area (Å²) in [5, 5.41) is 6.92. The molecule has 4 rings (SSSR count). The van der Waals surface area contributed by atoms with Crippen molar-refractivity contribution in [3.63, 3.8) is 0 Å². The zero-order chi connectivity index (χ0) is 22.3. The van der Waals surface area contributed by atoms with Gasteiger partial charge in [-0.15, -0.1) is 0 Å². The summed E-state index contributed by atoms with van der Waals surface area (Å²) in [4.78, 5) is 12.9. The summed E-state index contributed by atoms with van der Waals surface area (Å²) in [6.45, 7) is 4.94. The maximum atomic E-state index is 14.0. The molecule has 2 aliphatic rings. The molecule has 2 saturated heterocycles. The minimum Gasteiger partial charge on any atom is -0.356 e. The third-order valence-electron chi connectivity index (χ3n) is 6.41. The number of aliphatic imine (C=N–C) groups is 1. The van der Waals surface area contributed by atoms with Gasteiger partial charge in [-0.2, -0.15) is 0 Å². The van der Waals surface area contributed by atoms with Gasteiger partial charge in [0, 0.05) is 51.0 Å². The van der Waals surface area contributed by atoms with E-state index in [2.05, 4.69) is 25.5 Å². The number of aromatic nitrogens is 1. The van der Waals surface area contributed by atoms with Gasteiger partial charge in [0.15, 0.2) is 17.6 Å². The molecule has 1 aromatic carbocycles. The summed E-state index contributed by atoms with van der Waals surface area (Å²) >= 11 is 0. The summed E-state index contributed by atoms with van der Waals surface area (Å²) in [6.07, 6.45) is 4.69. The van der Waals surface area contributed by atoms with E-state index in [-0.39, 0.29) is 17.7 Å². The van der Waals surface area contributed by atoms with Crippen LogP contribution in [0.1, 0.15) is 24.8 Å². The molecule has 0 amide bonds. The van der Waals surface area contributed by atoms with Crippen LogP contribution in [0.3, 0.4) is 0 Å². The third kappa shape index (κ3) is 5.73. The van der Waals surface area contributed by atoms with Crippen LogP contribution in [0.25, 0.3) is 0 Å². The molecule has 1 aromatic heterocycles. The van der Waals surface area contributed by atoms with Crippen molar-refractivity contribution in [2.45, 2.75) is 31.8 Å². The van der Waals surface area contributed by atoms with Crippen molar-refractivity contribution in [3.05, 3.63) is 59.8 Å². The summed E-state index contributed by atoms with van der Waals surface area (Å²) < 4.78 is 27.9. The average Bonchev–Trinajstić information content (AvgIpc) is 3.27. The highest BCUT2D eigenvalue weighted by molar-refractivity contribution is 5.80. The number of halogens is 2. The number of rotatable bonds is 6. The Balaban J connectivity index is 1.19. The monoisotopic (exact) mass is 442 g/mol. The Morgan fingerprint density at radius 1 is 1.06 bits per heavy atom. The third-order valence-corrected chi connectivity index (χ3v) is 6.41. The molecule has 2 aliphatic heterocycles. The molecule has 8 heteroatoms. The molecule has 2 fully saturated rings. The van der Waals surface area contributed by atoms with Gasteiger partial charge >= 0.3 is 0 Å². The van der Waals surface area contributed by atoms with E-state index in [4.69, 9.17) is 0 Å². The highest BCUT2D eigenvalue weighted by Gasteiger charge is 2.26. The van der Waals surface area contributed by atoms with Crippen LogP contribution in [0.15, 0.2) is 47.6 Å². The number of nitrogens with one attached hydrogen (secondary N) is 2. The fourth-order valence-electron chi connectivity index (χ4n) is 4.53. The second kappa shape index (κ2) is 10.7. The molecule has 3 heterocycles. The van der Waals surface area contributed by atoms with Crippen LogP contribution in [0.5, 0.6) is 0 Å². The summed E-state index contributed by atoms with van der Waals surface area (Å²) in [5.74, 6) is 1.36. The highest BCUT2D eigenvalue weighted by atomic mass is 19.1. The van der Waals surface area contributed by atoms with Gasteiger partial charge in [0.25, 0.3) is 0 Å². The first kappa shape index (κ1) is 22.5. The standard InChI is InChI=1S/C24H32F2N6/c1-27-24(30-20-10-14-32(17-20)23-22(26)7-4-11-28-23)29-15-18-8-12-31(13-9-18)16-19-5-2-3-6-21(19)25/h2-7,11,18,20H,8-10,12-17H2,1H3,(H2,27,29,30). The van der Waals surface area contributed by atoms with Gasteiger partial charge < -0.3 is 15.5 Å². The van der Waals surface area contributed by atoms with Crippen molar-refractivity contribution >= 4 is 11.8 Å². The molecular weight excluding hydrogens is 410 g/mol. The molecule has 0 radical (unpaired) electrons. The number of hydrogen-bond donors (Lipinski definition) is 2. The molecule has 2 aromatic rings. The van der Waals surface area contributed by atoms with E-state index in [9.17, 15) is 8.78 Å². The maximum absolute atomic E-state index is 14.0. The minimum atomic E-state index is -0.281. The van der Waals surface area contributed by atoms with E-state index < -0.39 is 0 Å². The van der Waals surface area contributed by atoms with Crippen LogP contribution >= 0.6 is 0 Å². The molecule has 0 spiro atoms. The van der Waals surface area contributed by atoms with E-state index in [0.717, 1.165) is 57.0 Å². The second-order valence-corrected chi connectivity index (χ2v) is 8.65. The SMILES string of the molecule is CN=C(NCC1CCN(Cc2ccccc2F)CC1)NC1CCN(c2ncccc2F)C1. The van der Waals surface area contributed by atoms with Gasteiger partial charge in [0.05, 0.1) is 0 Å². The number of guanidine groups is 1. The first-order valence-corrected chi connectivity index (χ1v) is 11.4. The number of likely N-dealkylation sites (tertiary alicyclic amines) is 1. The lowest BCUT2D eigenvalue weighted by atomic mass is 9.96. The van der Waals surface area contributed by atoms with Gasteiger partial charge in [-0.05, 0) is 56.5 Å². The first-order chi connectivity index (χ1) is 15.6. The lowest BCUT2D eigenvalue weighted by molar-refractivity contribution is 0.176. The predicted molar refractivity (Wildman–Crippen MR) is 124 cm³/mol. The number of anilines is 1. The fourth-order valence-corrected chi connectivity index (χ4v) is 4.53. The summed E-state index contributed by atoms with van der Waals surface area (Å²) in [5.41, 5.74) is 0.768. The van der Waals surface area contributed by atoms with Crippen molar-refractivity contribution in [2.75, 3.05) is 44.7 Å². The Labute approximate surface area is 188 Å². The van der Waals surface area contributed by atoms with Crippen molar-refractivity contribution < 1.29 is 8.78 Å². The van der Waals surface area contributed by atoms with Crippen molar-refractivity contribution in [1.82, 2.24) is 20.5 Å². The van der Waals surface area contributed by atoms with Gasteiger partial charge in [-0.3, -0.25) is 9.89 Å². The Kier molecular flexibility index (Phi) is 7.52. The molecule has 1 unspecified atom stereocenters. The molecule has 0 saturated carbocycles. The number of benzene rings is 1. The van der Waals surface area contributed by atoms with Crippen molar-refractivity contribution in [1.29, 1.82) is 0 Å². The van der Waals surface area contributed by atoms with Gasteiger partial charge in [0.1, 0.15) is 5.82 Å². The quantitative estimate of drug-likeness (QED) is 0.532. The fraction of sp³-hybridized carbons (Fsp3) is 0.500. The summed E-state index contributed by atoms with van der Waals surface area (Å²) in [7, 11) is 1.78. The highest BCUT2D eigenvalue weighted by Crippen LogP contribution is 2.21. The van der Waals surface area contributed by atoms with E-state index in [1.54, 1.807) is 25.4 Å². The normalized spacial score (nSPS) is 20.5. The van der Waals surface area contributed by atoms with Crippen LogP contribution < -0.4 is 15.5 Å². The van der Waals surface area contributed by atoms with Gasteiger partial charge in [-0.25, -0.2) is 13.8 Å². The molecule has 0 aliphatic carbocycles. The molecule has 6 nitrogen and oxygen atoms in total. The molecular formula is C24H32F2N6. The molecule has 2 N–H and O–H groups in total. The molecule has 32 heavy (non-hydrogen) atoms. The second-order valence-electron chi connectivity index (χ2n) is 8.65. The lowest BCUT2D eigenvalue weighted by Gasteiger charge is -2.32. The van der Waals surface area contributed by atoms with E-state index in [1.165, 1.54) is 12.1 Å². The number of pyridine rings is 1. The number of piperidine rings is 1. The van der Waals surface area contributed by atoms with Crippen LogP contribution in [0.4, 0.5) is 14.6 Å². The Morgan fingerprint density at radius 3 is 2.59 bits per heavy atom. The molecule has 172 valence electrons. The van der Waals surface area contributed by atoms with E-state index in [1.807, 2.05) is 17.0 Å². The first-order valence-electron chi connectivity index (χ1n) is 11.4. The molecule has 1 atom stereocenters. The Bertz CT molecular complexity index is 913. The topological polar surface area (TPSA) is 55.8 Å². The summed E-state index contributed by atoms with van der Waals surface area (Å²) in [6, 6.07) is 10.3. The van der Waals surface area contributed by atoms with Gasteiger partial charge in [0.2, 0.25) is 0 Å². The van der Waals surface area contributed by atoms with Crippen molar-refractivity contribution in [2.24, 2.45) is 10.9 Å². The van der Waals surface area contributed by atoms with E-state index in [0.29, 0.717) is 24.8 Å². The number of hydrogen-bond acceptors (Lipinski definition) is 4. The smallest absolute Gasteiger partial charge is 0.191 e. The Hall–Kier alpha value is -2.74. The van der Waals surface area contributed by atoms with Crippen molar-refractivity contribution in [3.8, 4) is 0 Å².